The zero-order chi connectivity index (χ0) is 25.5. The molecular weight excluding hydrogens is 447 g/mol. The van der Waals surface area contributed by atoms with E-state index in [1.165, 1.54) is 27.7 Å². The quantitative estimate of drug-likeness (QED) is 0.135. The van der Waals surface area contributed by atoms with E-state index in [0.717, 1.165) is 6.66 Å². The van der Waals surface area contributed by atoms with Crippen molar-refractivity contribution in [1.29, 1.82) is 0 Å². The highest BCUT2D eigenvalue weighted by atomic mass is 31.2. The number of esters is 4. The highest BCUT2D eigenvalue weighted by molar-refractivity contribution is 7.52. The minimum Gasteiger partial charge on any atom is -0.435 e. The molecule has 0 aliphatic carbocycles. The van der Waals surface area contributed by atoms with Crippen LogP contribution < -0.4 is 0 Å². The minimum absolute atomic E-state index is 0.186. The fourth-order valence-corrected chi connectivity index (χ4v) is 1.58. The van der Waals surface area contributed by atoms with E-state index in [9.17, 15) is 23.7 Å². The van der Waals surface area contributed by atoms with Crippen LogP contribution in [0, 0.1) is 0 Å². The van der Waals surface area contributed by atoms with E-state index in [4.69, 9.17) is 9.05 Å². The lowest BCUT2D eigenvalue weighted by molar-refractivity contribution is -0.161. The molecule has 0 N–H and O–H groups in total. The highest BCUT2D eigenvalue weighted by Crippen LogP contribution is 2.43. The Morgan fingerprint density at radius 1 is 0.562 bits per heavy atom. The van der Waals surface area contributed by atoms with Crippen LogP contribution in [0.25, 0.3) is 0 Å². The molecule has 0 unspecified atom stereocenters. The van der Waals surface area contributed by atoms with Crippen LogP contribution in [0.1, 0.15) is 27.7 Å². The van der Waals surface area contributed by atoms with Crippen molar-refractivity contribution in [2.45, 2.75) is 27.7 Å². The second-order valence-corrected chi connectivity index (χ2v) is 8.29. The van der Waals surface area contributed by atoms with Gasteiger partial charge in [-0.15, -0.1) is 0 Å². The number of ether oxygens (including phenoxy) is 4. The van der Waals surface area contributed by atoms with Crippen LogP contribution >= 0.6 is 7.60 Å². The summed E-state index contributed by atoms with van der Waals surface area (Å²) in [7, 11) is -3.48. The van der Waals surface area contributed by atoms with E-state index >= 15 is 0 Å². The summed E-state index contributed by atoms with van der Waals surface area (Å²) in [5.41, 5.74) is 0.884. The fourth-order valence-electron chi connectivity index (χ4n) is 1.02. The van der Waals surface area contributed by atoms with E-state index < -0.39 is 51.9 Å². The third-order valence-corrected chi connectivity index (χ3v) is 3.88. The number of carbonyl (C=O) groups is 4. The second kappa shape index (κ2) is 15.7. The average Bonchev–Trinajstić information content (AvgIpc) is 2.67. The first-order valence-corrected chi connectivity index (χ1v) is 10.8. The molecule has 32 heavy (non-hydrogen) atoms. The van der Waals surface area contributed by atoms with Crippen molar-refractivity contribution < 1.29 is 51.7 Å². The van der Waals surface area contributed by atoms with Crippen molar-refractivity contribution in [3.63, 3.8) is 0 Å². The van der Waals surface area contributed by atoms with Crippen LogP contribution in [0.2, 0.25) is 0 Å². The van der Waals surface area contributed by atoms with E-state index in [1.807, 2.05) is 0 Å². The number of hydrogen-bond donors (Lipinski definition) is 0. The molecule has 0 rings (SSSR count). The van der Waals surface area contributed by atoms with Gasteiger partial charge in [0.2, 0.25) is 20.4 Å². The van der Waals surface area contributed by atoms with Crippen molar-refractivity contribution in [3.8, 4) is 0 Å². The van der Waals surface area contributed by atoms with Crippen molar-refractivity contribution in [2.24, 2.45) is 0 Å². The molecule has 0 saturated heterocycles. The molecule has 0 amide bonds. The van der Waals surface area contributed by atoms with Gasteiger partial charge in [-0.1, -0.05) is 26.3 Å². The minimum atomic E-state index is -3.48. The predicted molar refractivity (Wildman–Crippen MR) is 114 cm³/mol. The molecule has 0 fully saturated rings. The summed E-state index contributed by atoms with van der Waals surface area (Å²) < 4.78 is 39.2. The van der Waals surface area contributed by atoms with Crippen molar-refractivity contribution >= 4 is 31.5 Å². The standard InChI is InChI=1S/C11H17O7P.C9H12O4/c1-8(2)10(12)15-6-17-19(5,14)18-7-16-11(13)9(3)4;1-6(2)8(10)12-5-13-9(11)7(3)4/h1,3,6-7H2,2,4-5H3;1,3,5H2,2,4H3. The van der Waals surface area contributed by atoms with Crippen LogP contribution in [0.5, 0.6) is 0 Å². The van der Waals surface area contributed by atoms with Gasteiger partial charge < -0.3 is 18.9 Å². The molecule has 0 saturated carbocycles. The maximum absolute atomic E-state index is 11.6. The molecule has 0 atom stereocenters. The Kier molecular flexibility index (Phi) is 15.3. The summed E-state index contributed by atoms with van der Waals surface area (Å²) in [6.45, 7) is 19.0. The summed E-state index contributed by atoms with van der Waals surface area (Å²) in [5, 5.41) is 0. The number of carbonyl (C=O) groups excluding carboxylic acids is 4. The van der Waals surface area contributed by atoms with E-state index in [-0.39, 0.29) is 22.3 Å². The molecule has 0 aromatic rings. The van der Waals surface area contributed by atoms with Gasteiger partial charge in [-0.25, -0.2) is 19.2 Å². The second-order valence-electron chi connectivity index (χ2n) is 6.23. The van der Waals surface area contributed by atoms with Gasteiger partial charge in [0.05, 0.1) is 0 Å². The van der Waals surface area contributed by atoms with E-state index in [2.05, 4.69) is 45.3 Å². The molecular formula is C20H29O11P. The zero-order valence-corrected chi connectivity index (χ0v) is 19.8. The fraction of sp³-hybridized carbons (Fsp3) is 0.400. The monoisotopic (exact) mass is 476 g/mol. The zero-order valence-electron chi connectivity index (χ0n) is 18.9. The third-order valence-electron chi connectivity index (χ3n) is 2.73. The Hall–Kier alpha value is -3.01. The molecule has 0 aromatic carbocycles. The molecule has 0 bridgehead atoms. The summed E-state index contributed by atoms with van der Waals surface area (Å²) in [4.78, 5) is 43.5. The lowest BCUT2D eigenvalue weighted by Gasteiger charge is -2.14. The highest BCUT2D eigenvalue weighted by Gasteiger charge is 2.19. The van der Waals surface area contributed by atoms with Crippen LogP contribution in [-0.2, 0) is 51.7 Å². The Bertz CT molecular complexity index is 748. The van der Waals surface area contributed by atoms with Gasteiger partial charge >= 0.3 is 31.5 Å². The summed E-state index contributed by atoms with van der Waals surface area (Å²) >= 11 is 0. The van der Waals surface area contributed by atoms with Crippen LogP contribution in [0.15, 0.2) is 48.6 Å². The van der Waals surface area contributed by atoms with Gasteiger partial charge in [-0.2, -0.15) is 0 Å². The molecule has 0 aliphatic heterocycles. The summed E-state index contributed by atoms with van der Waals surface area (Å²) in [5.74, 6) is -2.52. The normalized spacial score (nSPS) is 9.91. The Morgan fingerprint density at radius 2 is 0.781 bits per heavy atom. The van der Waals surface area contributed by atoms with E-state index in [0.29, 0.717) is 0 Å². The Morgan fingerprint density at radius 3 is 1.00 bits per heavy atom. The first-order chi connectivity index (χ1) is 14.6. The van der Waals surface area contributed by atoms with Gasteiger partial charge in [0.1, 0.15) is 0 Å². The lowest BCUT2D eigenvalue weighted by atomic mass is 10.4. The van der Waals surface area contributed by atoms with Crippen molar-refractivity contribution in [1.82, 2.24) is 0 Å². The van der Waals surface area contributed by atoms with Gasteiger partial charge in [0.15, 0.2) is 0 Å². The first kappa shape index (κ1) is 31.2. The topological polar surface area (TPSA) is 141 Å². The van der Waals surface area contributed by atoms with Gasteiger partial charge in [0, 0.05) is 29.0 Å². The lowest BCUT2D eigenvalue weighted by Crippen LogP contribution is -2.13. The molecule has 12 heteroatoms. The SMILES string of the molecule is C=C(C)C(=O)OCOC(=O)C(=C)C.C=C(C)C(=O)OCOP(C)(=O)OCOC(=O)C(=C)C. The van der Waals surface area contributed by atoms with Gasteiger partial charge in [-0.3, -0.25) is 13.6 Å². The summed E-state index contributed by atoms with van der Waals surface area (Å²) in [6.07, 6.45) is 0. The molecule has 0 aliphatic rings. The van der Waals surface area contributed by atoms with E-state index in [1.54, 1.807) is 0 Å². The third kappa shape index (κ3) is 16.8. The Balaban J connectivity index is 0. The molecule has 180 valence electrons. The summed E-state index contributed by atoms with van der Waals surface area (Å²) in [6, 6.07) is 0. The van der Waals surface area contributed by atoms with Gasteiger partial charge in [0.25, 0.3) is 0 Å². The molecule has 0 radical (unpaired) electrons. The van der Waals surface area contributed by atoms with Crippen LogP contribution in [0.4, 0.5) is 0 Å². The molecule has 0 spiro atoms. The smallest absolute Gasteiger partial charge is 0.335 e. The van der Waals surface area contributed by atoms with Crippen molar-refractivity contribution in [2.75, 3.05) is 27.0 Å². The largest absolute Gasteiger partial charge is 0.435 e. The Labute approximate surface area is 187 Å². The molecule has 11 nitrogen and oxygen atoms in total. The average molecular weight is 476 g/mol. The maximum atomic E-state index is 11.6. The first-order valence-electron chi connectivity index (χ1n) is 8.77. The number of hydrogen-bond acceptors (Lipinski definition) is 11. The van der Waals surface area contributed by atoms with Crippen molar-refractivity contribution in [3.05, 3.63) is 48.6 Å². The number of rotatable bonds is 12. The van der Waals surface area contributed by atoms with Crippen LogP contribution in [0.3, 0.4) is 0 Å². The predicted octanol–water partition coefficient (Wildman–Crippen LogP) is 3.18. The van der Waals surface area contributed by atoms with Crippen LogP contribution in [-0.4, -0.2) is 50.9 Å². The molecule has 0 heterocycles. The molecule has 0 aromatic heterocycles. The maximum Gasteiger partial charge on any atom is 0.335 e. The van der Waals surface area contributed by atoms with Gasteiger partial charge in [-0.05, 0) is 27.7 Å².